The minimum atomic E-state index is -0.243. The van der Waals surface area contributed by atoms with Crippen LogP contribution in [-0.2, 0) is 4.79 Å². The SMILES string of the molecule is CCCC(=O)N1CCC[C@@H](c2nnc(C(=O)Nc3ccc(C)cc3)s2)C1. The molecule has 0 bridgehead atoms. The molecule has 2 amide bonds. The number of nitrogens with zero attached hydrogens (tertiary/aromatic N) is 3. The van der Waals surface area contributed by atoms with Crippen LogP contribution in [0.3, 0.4) is 0 Å². The minimum Gasteiger partial charge on any atom is -0.342 e. The number of rotatable bonds is 5. The molecule has 7 heteroatoms. The third-order valence-corrected chi connectivity index (χ3v) is 5.62. The summed E-state index contributed by atoms with van der Waals surface area (Å²) in [5.74, 6) is 0.134. The van der Waals surface area contributed by atoms with Gasteiger partial charge in [0.25, 0.3) is 5.91 Å². The molecule has 2 heterocycles. The lowest BCUT2D eigenvalue weighted by Gasteiger charge is -2.31. The van der Waals surface area contributed by atoms with Crippen molar-refractivity contribution in [1.29, 1.82) is 0 Å². The van der Waals surface area contributed by atoms with Crippen LogP contribution in [-0.4, -0.2) is 40.0 Å². The van der Waals surface area contributed by atoms with E-state index in [9.17, 15) is 9.59 Å². The summed E-state index contributed by atoms with van der Waals surface area (Å²) in [5.41, 5.74) is 1.88. The van der Waals surface area contributed by atoms with Crippen molar-refractivity contribution in [1.82, 2.24) is 15.1 Å². The molecular weight excluding hydrogens is 348 g/mol. The van der Waals surface area contributed by atoms with E-state index in [-0.39, 0.29) is 17.7 Å². The molecule has 1 aromatic carbocycles. The fourth-order valence-electron chi connectivity index (χ4n) is 3.09. The standard InChI is InChI=1S/C19H24N4O2S/c1-3-5-16(24)23-11-4-6-14(12-23)18-21-22-19(26-18)17(25)20-15-9-7-13(2)8-10-15/h7-10,14H,3-6,11-12H2,1-2H3,(H,20,25)/t14-/m1/s1. The number of benzene rings is 1. The smallest absolute Gasteiger partial charge is 0.286 e. The zero-order chi connectivity index (χ0) is 18.5. The van der Waals surface area contributed by atoms with Gasteiger partial charge in [-0.3, -0.25) is 9.59 Å². The second kappa shape index (κ2) is 8.40. The highest BCUT2D eigenvalue weighted by Crippen LogP contribution is 2.29. The molecule has 26 heavy (non-hydrogen) atoms. The van der Waals surface area contributed by atoms with Crippen molar-refractivity contribution >= 4 is 28.8 Å². The van der Waals surface area contributed by atoms with Gasteiger partial charge in [0.1, 0.15) is 5.01 Å². The Morgan fingerprint density at radius 1 is 1.27 bits per heavy atom. The summed E-state index contributed by atoms with van der Waals surface area (Å²) < 4.78 is 0. The highest BCUT2D eigenvalue weighted by atomic mass is 32.1. The molecule has 1 N–H and O–H groups in total. The van der Waals surface area contributed by atoms with Crippen molar-refractivity contribution in [2.24, 2.45) is 0 Å². The van der Waals surface area contributed by atoms with E-state index in [1.807, 2.05) is 43.0 Å². The summed E-state index contributed by atoms with van der Waals surface area (Å²) in [6.45, 7) is 5.51. The van der Waals surface area contributed by atoms with Gasteiger partial charge in [-0.25, -0.2) is 0 Å². The van der Waals surface area contributed by atoms with E-state index in [2.05, 4.69) is 15.5 Å². The summed E-state index contributed by atoms with van der Waals surface area (Å²) in [4.78, 5) is 26.5. The maximum absolute atomic E-state index is 12.4. The summed E-state index contributed by atoms with van der Waals surface area (Å²) in [5, 5.41) is 12.3. The molecule has 2 aromatic rings. The first-order valence-corrected chi connectivity index (χ1v) is 9.87. The van der Waals surface area contributed by atoms with Gasteiger partial charge < -0.3 is 10.2 Å². The fraction of sp³-hybridized carbons (Fsp3) is 0.474. The Morgan fingerprint density at radius 3 is 2.77 bits per heavy atom. The van der Waals surface area contributed by atoms with Crippen molar-refractivity contribution in [2.45, 2.75) is 45.4 Å². The number of hydrogen-bond acceptors (Lipinski definition) is 5. The van der Waals surface area contributed by atoms with Gasteiger partial charge in [-0.05, 0) is 38.3 Å². The lowest BCUT2D eigenvalue weighted by molar-refractivity contribution is -0.132. The van der Waals surface area contributed by atoms with E-state index in [0.717, 1.165) is 42.1 Å². The van der Waals surface area contributed by atoms with Gasteiger partial charge in [0.05, 0.1) is 0 Å². The number of piperidine rings is 1. The maximum Gasteiger partial charge on any atom is 0.286 e. The Labute approximate surface area is 157 Å². The number of anilines is 1. The Kier molecular flexibility index (Phi) is 5.98. The highest BCUT2D eigenvalue weighted by Gasteiger charge is 2.27. The summed E-state index contributed by atoms with van der Waals surface area (Å²) in [6.07, 6.45) is 3.39. The highest BCUT2D eigenvalue weighted by molar-refractivity contribution is 7.13. The molecule has 0 radical (unpaired) electrons. The lowest BCUT2D eigenvalue weighted by Crippen LogP contribution is -2.38. The van der Waals surface area contributed by atoms with E-state index in [1.165, 1.54) is 11.3 Å². The van der Waals surface area contributed by atoms with E-state index in [1.54, 1.807) is 0 Å². The van der Waals surface area contributed by atoms with E-state index >= 15 is 0 Å². The Hall–Kier alpha value is -2.28. The monoisotopic (exact) mass is 372 g/mol. The number of aryl methyl sites for hydroxylation is 1. The van der Waals surface area contributed by atoms with Crippen molar-refractivity contribution in [3.8, 4) is 0 Å². The van der Waals surface area contributed by atoms with Gasteiger partial charge >= 0.3 is 0 Å². The predicted molar refractivity (Wildman–Crippen MR) is 103 cm³/mol. The first-order valence-electron chi connectivity index (χ1n) is 9.06. The molecule has 1 aliphatic rings. The van der Waals surface area contributed by atoms with Crippen LogP contribution in [0.1, 0.15) is 58.9 Å². The number of aromatic nitrogens is 2. The molecule has 0 spiro atoms. The summed E-state index contributed by atoms with van der Waals surface area (Å²) >= 11 is 1.32. The van der Waals surface area contributed by atoms with E-state index < -0.39 is 0 Å². The second-order valence-corrected chi connectivity index (χ2v) is 7.70. The molecule has 6 nitrogen and oxygen atoms in total. The molecule has 1 fully saturated rings. The molecule has 3 rings (SSSR count). The average Bonchev–Trinajstić information content (AvgIpc) is 3.14. The molecular formula is C19H24N4O2S. The molecule has 138 valence electrons. The normalized spacial score (nSPS) is 17.2. The number of carbonyl (C=O) groups excluding carboxylic acids is 2. The van der Waals surface area contributed by atoms with Gasteiger partial charge in [-0.1, -0.05) is 36.0 Å². The van der Waals surface area contributed by atoms with Crippen LogP contribution in [0.25, 0.3) is 0 Å². The van der Waals surface area contributed by atoms with Crippen LogP contribution in [0.2, 0.25) is 0 Å². The Bertz CT molecular complexity index is 772. The molecule has 1 saturated heterocycles. The number of carbonyl (C=O) groups is 2. The second-order valence-electron chi connectivity index (χ2n) is 6.69. The van der Waals surface area contributed by atoms with E-state index in [4.69, 9.17) is 0 Å². The van der Waals surface area contributed by atoms with Crippen molar-refractivity contribution in [3.05, 3.63) is 39.8 Å². The summed E-state index contributed by atoms with van der Waals surface area (Å²) in [6, 6.07) is 7.64. The minimum absolute atomic E-state index is 0.169. The third-order valence-electron chi connectivity index (χ3n) is 4.53. The molecule has 1 aromatic heterocycles. The van der Waals surface area contributed by atoms with E-state index in [0.29, 0.717) is 18.0 Å². The van der Waals surface area contributed by atoms with Crippen LogP contribution in [0.5, 0.6) is 0 Å². The van der Waals surface area contributed by atoms with Gasteiger partial charge in [0, 0.05) is 31.1 Å². The quantitative estimate of drug-likeness (QED) is 0.870. The zero-order valence-electron chi connectivity index (χ0n) is 15.2. The van der Waals surface area contributed by atoms with Crippen LogP contribution in [0.4, 0.5) is 5.69 Å². The van der Waals surface area contributed by atoms with Gasteiger partial charge in [0.2, 0.25) is 10.9 Å². The lowest BCUT2D eigenvalue weighted by atomic mass is 9.98. The molecule has 1 atom stereocenters. The molecule has 0 unspecified atom stereocenters. The number of likely N-dealkylation sites (tertiary alicyclic amines) is 1. The van der Waals surface area contributed by atoms with Crippen LogP contribution < -0.4 is 5.32 Å². The first-order chi connectivity index (χ1) is 12.6. The zero-order valence-corrected chi connectivity index (χ0v) is 16.0. The van der Waals surface area contributed by atoms with Gasteiger partial charge in [-0.15, -0.1) is 10.2 Å². The average molecular weight is 372 g/mol. The number of hydrogen-bond donors (Lipinski definition) is 1. The predicted octanol–water partition coefficient (Wildman–Crippen LogP) is 3.60. The Morgan fingerprint density at radius 2 is 2.04 bits per heavy atom. The largest absolute Gasteiger partial charge is 0.342 e. The molecule has 0 aliphatic carbocycles. The van der Waals surface area contributed by atoms with Gasteiger partial charge in [-0.2, -0.15) is 0 Å². The fourth-order valence-corrected chi connectivity index (χ4v) is 3.95. The topological polar surface area (TPSA) is 75.2 Å². The Balaban J connectivity index is 1.64. The van der Waals surface area contributed by atoms with Crippen LogP contribution in [0.15, 0.2) is 24.3 Å². The maximum atomic E-state index is 12.4. The number of amides is 2. The summed E-state index contributed by atoms with van der Waals surface area (Å²) in [7, 11) is 0. The van der Waals surface area contributed by atoms with Crippen LogP contribution >= 0.6 is 11.3 Å². The van der Waals surface area contributed by atoms with Crippen LogP contribution in [0, 0.1) is 6.92 Å². The van der Waals surface area contributed by atoms with Crippen molar-refractivity contribution in [2.75, 3.05) is 18.4 Å². The third kappa shape index (κ3) is 4.46. The van der Waals surface area contributed by atoms with Crippen molar-refractivity contribution < 1.29 is 9.59 Å². The molecule has 0 saturated carbocycles. The number of nitrogens with one attached hydrogen (secondary N) is 1. The first kappa shape index (κ1) is 18.5. The molecule has 1 aliphatic heterocycles. The van der Waals surface area contributed by atoms with Crippen molar-refractivity contribution in [3.63, 3.8) is 0 Å². The van der Waals surface area contributed by atoms with Gasteiger partial charge in [0.15, 0.2) is 0 Å².